The van der Waals surface area contributed by atoms with Crippen LogP contribution in [0.5, 0.6) is 0 Å². The fourth-order valence-electron chi connectivity index (χ4n) is 2.33. The van der Waals surface area contributed by atoms with E-state index in [-0.39, 0.29) is 10.7 Å². The first kappa shape index (κ1) is 26.9. The van der Waals surface area contributed by atoms with E-state index in [9.17, 15) is 9.59 Å². The molecule has 0 aromatic heterocycles. The Hall–Kier alpha value is -4.11. The number of methoxy groups -OCH3 is 3. The molecule has 0 aliphatic carbocycles. The fraction of sp³-hybridized carbons (Fsp3) is 0.125. The lowest BCUT2D eigenvalue weighted by atomic mass is 10.2. The average Bonchev–Trinajstić information content (AvgIpc) is 2.79. The second-order valence-corrected chi connectivity index (χ2v) is 6.53. The summed E-state index contributed by atoms with van der Waals surface area (Å²) in [4.78, 5) is 24.6. The van der Waals surface area contributed by atoms with Crippen molar-refractivity contribution in [1.29, 1.82) is 0 Å². The molecule has 8 nitrogen and oxygen atoms in total. The van der Waals surface area contributed by atoms with E-state index >= 15 is 0 Å². The van der Waals surface area contributed by atoms with Gasteiger partial charge in [0.25, 0.3) is 5.91 Å². The predicted octanol–water partition coefficient (Wildman–Crippen LogP) is 3.96. The van der Waals surface area contributed by atoms with Gasteiger partial charge in [-0.3, -0.25) is 14.9 Å². The summed E-state index contributed by atoms with van der Waals surface area (Å²) in [5, 5.41) is 8.20. The standard InChI is InChI=1S/C24H27N3O5S/c1-7-17(14-16(3)30-4)23(29)25-18-10-9-11-19(15-18)26-24(33)27-22(28)13-12-21(32-6)20(8-2)31-5/h7-15H,1-3H2,4-6H3,(H,25,29)(H2,26,27,28,33)/b13-12+,17-14+,21-20-. The van der Waals surface area contributed by atoms with Crippen LogP contribution in [0, 0.1) is 0 Å². The molecule has 2 amide bonds. The van der Waals surface area contributed by atoms with Crippen molar-refractivity contribution in [1.82, 2.24) is 5.32 Å². The normalized spacial score (nSPS) is 11.5. The second-order valence-electron chi connectivity index (χ2n) is 6.13. The number of amides is 2. The number of hydrogen-bond donors (Lipinski definition) is 3. The van der Waals surface area contributed by atoms with E-state index in [1.807, 2.05) is 0 Å². The number of hydrogen-bond acceptors (Lipinski definition) is 6. The molecular formula is C24H27N3O5S. The van der Waals surface area contributed by atoms with E-state index in [2.05, 4.69) is 35.7 Å². The minimum absolute atomic E-state index is 0.0647. The quantitative estimate of drug-likeness (QED) is 0.195. The lowest BCUT2D eigenvalue weighted by Gasteiger charge is -2.11. The highest BCUT2D eigenvalue weighted by Crippen LogP contribution is 2.16. The Balaban J connectivity index is 2.80. The zero-order valence-electron chi connectivity index (χ0n) is 18.8. The highest BCUT2D eigenvalue weighted by molar-refractivity contribution is 7.80. The zero-order valence-corrected chi connectivity index (χ0v) is 19.6. The number of allylic oxidation sites excluding steroid dienone is 3. The lowest BCUT2D eigenvalue weighted by Crippen LogP contribution is -2.32. The van der Waals surface area contributed by atoms with Gasteiger partial charge >= 0.3 is 0 Å². The third kappa shape index (κ3) is 9.28. The van der Waals surface area contributed by atoms with Gasteiger partial charge < -0.3 is 24.8 Å². The van der Waals surface area contributed by atoms with Crippen LogP contribution in [-0.4, -0.2) is 38.3 Å². The van der Waals surface area contributed by atoms with Crippen molar-refractivity contribution in [3.63, 3.8) is 0 Å². The van der Waals surface area contributed by atoms with E-state index in [0.717, 1.165) is 0 Å². The summed E-state index contributed by atoms with van der Waals surface area (Å²) < 4.78 is 15.2. The van der Waals surface area contributed by atoms with Gasteiger partial charge in [-0.05, 0) is 48.6 Å². The van der Waals surface area contributed by atoms with Gasteiger partial charge in [-0.2, -0.15) is 0 Å². The van der Waals surface area contributed by atoms with E-state index in [1.165, 1.54) is 51.7 Å². The Morgan fingerprint density at radius 3 is 2.12 bits per heavy atom. The number of carbonyl (C=O) groups excluding carboxylic acids is 2. The molecule has 1 aromatic carbocycles. The topological polar surface area (TPSA) is 97.9 Å². The number of carbonyl (C=O) groups is 2. The third-order valence-corrected chi connectivity index (χ3v) is 4.13. The molecule has 174 valence electrons. The molecule has 0 atom stereocenters. The molecule has 9 heteroatoms. The number of nitrogens with one attached hydrogen (secondary N) is 3. The Bertz CT molecular complexity index is 1020. The van der Waals surface area contributed by atoms with Gasteiger partial charge in [0.05, 0.1) is 21.3 Å². The maximum atomic E-state index is 12.4. The third-order valence-electron chi connectivity index (χ3n) is 3.93. The summed E-state index contributed by atoms with van der Waals surface area (Å²) in [6, 6.07) is 6.79. The molecule has 0 radical (unpaired) electrons. The Labute approximate surface area is 199 Å². The van der Waals surface area contributed by atoms with E-state index in [4.69, 9.17) is 26.4 Å². The molecule has 0 saturated carbocycles. The van der Waals surface area contributed by atoms with Gasteiger partial charge in [0.1, 0.15) is 5.76 Å². The zero-order chi connectivity index (χ0) is 24.8. The molecule has 33 heavy (non-hydrogen) atoms. The van der Waals surface area contributed by atoms with Crippen LogP contribution in [0.2, 0.25) is 0 Å². The Morgan fingerprint density at radius 1 is 0.939 bits per heavy atom. The molecule has 0 heterocycles. The van der Waals surface area contributed by atoms with E-state index in [0.29, 0.717) is 28.7 Å². The first-order valence-electron chi connectivity index (χ1n) is 9.51. The van der Waals surface area contributed by atoms with Gasteiger partial charge in [0.15, 0.2) is 16.6 Å². The Morgan fingerprint density at radius 2 is 1.58 bits per heavy atom. The van der Waals surface area contributed by atoms with Crippen LogP contribution in [0.15, 0.2) is 97.2 Å². The number of thiocarbonyl (C=S) groups is 1. The van der Waals surface area contributed by atoms with E-state index < -0.39 is 11.8 Å². The Kier molecular flexibility index (Phi) is 11.5. The maximum Gasteiger partial charge on any atom is 0.255 e. The van der Waals surface area contributed by atoms with Gasteiger partial charge in [0, 0.05) is 23.0 Å². The highest BCUT2D eigenvalue weighted by atomic mass is 32.1. The van der Waals surface area contributed by atoms with Crippen molar-refractivity contribution in [3.05, 3.63) is 97.2 Å². The van der Waals surface area contributed by atoms with Crippen LogP contribution in [0.1, 0.15) is 0 Å². The summed E-state index contributed by atoms with van der Waals surface area (Å²) in [5.74, 6) is 0.152. The maximum absolute atomic E-state index is 12.4. The molecule has 0 aliphatic rings. The molecule has 1 rings (SSSR count). The summed E-state index contributed by atoms with van der Waals surface area (Å²) in [6.45, 7) is 10.9. The summed E-state index contributed by atoms with van der Waals surface area (Å²) in [6.07, 6.45) is 6.99. The van der Waals surface area contributed by atoms with Crippen LogP contribution in [0.4, 0.5) is 11.4 Å². The van der Waals surface area contributed by atoms with Crippen LogP contribution in [0.25, 0.3) is 0 Å². The molecule has 0 spiro atoms. The molecule has 1 aromatic rings. The molecule has 0 fully saturated rings. The van der Waals surface area contributed by atoms with Gasteiger partial charge in [-0.1, -0.05) is 31.9 Å². The average molecular weight is 470 g/mol. The van der Waals surface area contributed by atoms with Crippen molar-refractivity contribution in [3.8, 4) is 0 Å². The van der Waals surface area contributed by atoms with Gasteiger partial charge in [-0.25, -0.2) is 0 Å². The number of anilines is 2. The highest BCUT2D eigenvalue weighted by Gasteiger charge is 2.09. The molecule has 0 saturated heterocycles. The van der Waals surface area contributed by atoms with Crippen molar-refractivity contribution in [2.75, 3.05) is 32.0 Å². The molecule has 3 N–H and O–H groups in total. The number of benzene rings is 1. The minimum Gasteiger partial charge on any atom is -0.497 e. The smallest absolute Gasteiger partial charge is 0.255 e. The van der Waals surface area contributed by atoms with E-state index in [1.54, 1.807) is 24.3 Å². The fourth-order valence-corrected chi connectivity index (χ4v) is 2.55. The van der Waals surface area contributed by atoms with Crippen molar-refractivity contribution in [2.45, 2.75) is 0 Å². The van der Waals surface area contributed by atoms with Gasteiger partial charge in [0.2, 0.25) is 5.91 Å². The first-order valence-corrected chi connectivity index (χ1v) is 9.91. The first-order chi connectivity index (χ1) is 15.8. The van der Waals surface area contributed by atoms with Gasteiger partial charge in [-0.15, -0.1) is 0 Å². The molecular weight excluding hydrogens is 442 g/mol. The predicted molar refractivity (Wildman–Crippen MR) is 134 cm³/mol. The number of rotatable bonds is 11. The van der Waals surface area contributed by atoms with Crippen molar-refractivity contribution >= 4 is 40.5 Å². The van der Waals surface area contributed by atoms with Crippen molar-refractivity contribution < 1.29 is 23.8 Å². The van der Waals surface area contributed by atoms with Crippen LogP contribution in [0.3, 0.4) is 0 Å². The SMILES string of the molecule is C=C/C(OC)=C(\C=C\C(=O)NC(=S)Nc1cccc(NC(=O)/C(C=C)=C/C(=C)OC)c1)OC. The van der Waals surface area contributed by atoms with Crippen LogP contribution in [-0.2, 0) is 23.8 Å². The molecule has 0 unspecified atom stereocenters. The number of ether oxygens (including phenoxy) is 3. The largest absolute Gasteiger partial charge is 0.497 e. The minimum atomic E-state index is -0.481. The monoisotopic (exact) mass is 469 g/mol. The summed E-state index contributed by atoms with van der Waals surface area (Å²) >= 11 is 5.18. The second kappa shape index (κ2) is 14.0. The van der Waals surface area contributed by atoms with Crippen LogP contribution >= 0.6 is 12.2 Å². The summed E-state index contributed by atoms with van der Waals surface area (Å²) in [7, 11) is 4.36. The molecule has 0 aliphatic heterocycles. The van der Waals surface area contributed by atoms with Crippen molar-refractivity contribution in [2.24, 2.45) is 0 Å². The molecule has 0 bridgehead atoms. The van der Waals surface area contributed by atoms with Crippen LogP contribution < -0.4 is 16.0 Å². The summed E-state index contributed by atoms with van der Waals surface area (Å²) in [5.41, 5.74) is 1.34. The lowest BCUT2D eigenvalue weighted by molar-refractivity contribution is -0.115.